The first-order valence-corrected chi connectivity index (χ1v) is 6.00. The van der Waals surface area contributed by atoms with Gasteiger partial charge in [-0.15, -0.1) is 0 Å². The highest BCUT2D eigenvalue weighted by molar-refractivity contribution is 6.45. The number of esters is 1. The third-order valence-electron chi connectivity index (χ3n) is 2.72. The van der Waals surface area contributed by atoms with E-state index < -0.39 is 29.3 Å². The summed E-state index contributed by atoms with van der Waals surface area (Å²) in [6.07, 6.45) is -4.64. The normalized spacial score (nSPS) is 11.6. The van der Waals surface area contributed by atoms with E-state index in [1.54, 1.807) is 0 Å². The van der Waals surface area contributed by atoms with Gasteiger partial charge >= 0.3 is 12.1 Å². The molecule has 10 heteroatoms. The second kappa shape index (κ2) is 6.78. The fourth-order valence-electron chi connectivity index (χ4n) is 1.65. The van der Waals surface area contributed by atoms with Crippen LogP contribution in [0.4, 0.5) is 18.9 Å². The van der Waals surface area contributed by atoms with E-state index in [1.807, 2.05) is 0 Å². The molecule has 0 saturated heterocycles. The first-order valence-electron chi connectivity index (χ1n) is 6.00. The van der Waals surface area contributed by atoms with Gasteiger partial charge in [-0.05, 0) is 24.6 Å². The quantitative estimate of drug-likeness (QED) is 0.338. The molecular weight excluding hydrogens is 315 g/mol. The van der Waals surface area contributed by atoms with Crippen molar-refractivity contribution >= 4 is 23.2 Å². The van der Waals surface area contributed by atoms with Crippen LogP contribution >= 0.6 is 0 Å². The Morgan fingerprint density at radius 1 is 1.48 bits per heavy atom. The summed E-state index contributed by atoms with van der Waals surface area (Å²) in [5.74, 6) is -1.57. The second-order valence-corrected chi connectivity index (χ2v) is 4.30. The van der Waals surface area contributed by atoms with Gasteiger partial charge in [-0.2, -0.15) is 23.5 Å². The number of nitrogens with two attached hydrogens (primary N) is 1. The Morgan fingerprint density at radius 3 is 2.52 bits per heavy atom. The maximum Gasteiger partial charge on any atom is 0.416 e. The summed E-state index contributed by atoms with van der Waals surface area (Å²) in [7, 11) is 1.07. The number of hydrazone groups is 1. The van der Waals surface area contributed by atoms with Gasteiger partial charge in [0.05, 0.1) is 23.9 Å². The van der Waals surface area contributed by atoms with Gasteiger partial charge in [-0.3, -0.25) is 10.8 Å². The topological polar surface area (TPSA) is 124 Å². The number of nitriles is 1. The molecule has 0 aliphatic heterocycles. The van der Waals surface area contributed by atoms with Crippen LogP contribution in [-0.4, -0.2) is 24.6 Å². The van der Waals surface area contributed by atoms with Crippen molar-refractivity contribution in [3.8, 4) is 6.07 Å². The van der Waals surface area contributed by atoms with Crippen LogP contribution in [0.3, 0.4) is 0 Å². The molecule has 0 bridgehead atoms. The SMILES string of the molecule is COC(=O)c1cc(C)c(C(F)(F)F)cc1N/N=C(\C#N)C(=N)N. The number of anilines is 1. The van der Waals surface area contributed by atoms with Crippen LogP contribution in [-0.2, 0) is 10.9 Å². The second-order valence-electron chi connectivity index (χ2n) is 4.30. The number of amidine groups is 1. The minimum absolute atomic E-state index is 0.181. The molecule has 1 rings (SSSR count). The van der Waals surface area contributed by atoms with Crippen molar-refractivity contribution in [2.24, 2.45) is 10.8 Å². The van der Waals surface area contributed by atoms with Gasteiger partial charge in [-0.25, -0.2) is 4.79 Å². The van der Waals surface area contributed by atoms with E-state index in [-0.39, 0.29) is 16.8 Å². The Kier molecular flexibility index (Phi) is 5.29. The summed E-state index contributed by atoms with van der Waals surface area (Å²) in [6, 6.07) is 3.15. The van der Waals surface area contributed by atoms with E-state index in [9.17, 15) is 18.0 Å². The highest BCUT2D eigenvalue weighted by atomic mass is 19.4. The van der Waals surface area contributed by atoms with Crippen LogP contribution in [0.15, 0.2) is 17.2 Å². The molecule has 0 aliphatic rings. The number of nitrogens with zero attached hydrogens (tertiary/aromatic N) is 2. The van der Waals surface area contributed by atoms with Crippen LogP contribution < -0.4 is 11.2 Å². The first-order chi connectivity index (χ1) is 10.6. The molecule has 0 unspecified atom stereocenters. The van der Waals surface area contributed by atoms with Gasteiger partial charge in [0.25, 0.3) is 0 Å². The lowest BCUT2D eigenvalue weighted by molar-refractivity contribution is -0.138. The van der Waals surface area contributed by atoms with E-state index >= 15 is 0 Å². The number of aryl methyl sites for hydroxylation is 1. The molecule has 4 N–H and O–H groups in total. The van der Waals surface area contributed by atoms with Crippen molar-refractivity contribution in [1.82, 2.24) is 0 Å². The first kappa shape index (κ1) is 18.0. The fraction of sp³-hybridized carbons (Fsp3) is 0.231. The van der Waals surface area contributed by atoms with Crippen LogP contribution in [0, 0.1) is 23.7 Å². The maximum atomic E-state index is 13.0. The maximum absolute atomic E-state index is 13.0. The van der Waals surface area contributed by atoms with Crippen LogP contribution in [0.2, 0.25) is 0 Å². The highest BCUT2D eigenvalue weighted by Gasteiger charge is 2.34. The smallest absolute Gasteiger partial charge is 0.416 e. The summed E-state index contributed by atoms with van der Waals surface area (Å²) in [5.41, 5.74) is 4.98. The number of carbonyl (C=O) groups excluding carboxylic acids is 1. The zero-order chi connectivity index (χ0) is 17.8. The molecule has 122 valence electrons. The van der Waals surface area contributed by atoms with E-state index in [4.69, 9.17) is 16.4 Å². The Balaban J connectivity index is 3.45. The average molecular weight is 327 g/mol. The molecule has 0 aliphatic carbocycles. The fourth-order valence-corrected chi connectivity index (χ4v) is 1.65. The van der Waals surface area contributed by atoms with Crippen molar-refractivity contribution in [1.29, 1.82) is 10.7 Å². The molecule has 0 aromatic heterocycles. The number of carbonyl (C=O) groups is 1. The van der Waals surface area contributed by atoms with Crippen molar-refractivity contribution in [3.63, 3.8) is 0 Å². The Labute approximate surface area is 129 Å². The Bertz CT molecular complexity index is 720. The minimum atomic E-state index is -4.64. The zero-order valence-corrected chi connectivity index (χ0v) is 12.1. The molecule has 0 heterocycles. The summed E-state index contributed by atoms with van der Waals surface area (Å²) >= 11 is 0. The number of halogens is 3. The lowest BCUT2D eigenvalue weighted by Gasteiger charge is -2.15. The number of hydrogen-bond donors (Lipinski definition) is 3. The molecule has 0 saturated carbocycles. The van der Waals surface area contributed by atoms with E-state index in [0.29, 0.717) is 6.07 Å². The van der Waals surface area contributed by atoms with E-state index in [2.05, 4.69) is 15.3 Å². The monoisotopic (exact) mass is 327 g/mol. The summed E-state index contributed by atoms with van der Waals surface area (Å²) < 4.78 is 43.3. The molecule has 0 fully saturated rings. The van der Waals surface area contributed by atoms with Crippen LogP contribution in [0.5, 0.6) is 0 Å². The van der Waals surface area contributed by atoms with Crippen molar-refractivity contribution in [2.75, 3.05) is 12.5 Å². The molecule has 0 atom stereocenters. The lowest BCUT2D eigenvalue weighted by Crippen LogP contribution is -2.22. The van der Waals surface area contributed by atoms with Gasteiger partial charge in [0.2, 0.25) is 5.71 Å². The third kappa shape index (κ3) is 4.19. The predicted octanol–water partition coefficient (Wildman–Crippen LogP) is 2.03. The minimum Gasteiger partial charge on any atom is -0.465 e. The van der Waals surface area contributed by atoms with Gasteiger partial charge in [-0.1, -0.05) is 0 Å². The Morgan fingerprint density at radius 2 is 2.09 bits per heavy atom. The van der Waals surface area contributed by atoms with Crippen molar-refractivity contribution in [2.45, 2.75) is 13.1 Å². The Hall–Kier alpha value is -3.09. The number of hydrogen-bond acceptors (Lipinski definition) is 6. The molecule has 0 amide bonds. The summed E-state index contributed by atoms with van der Waals surface area (Å²) in [5, 5.41) is 19.2. The summed E-state index contributed by atoms with van der Waals surface area (Å²) in [6.45, 7) is 1.19. The number of methoxy groups -OCH3 is 1. The zero-order valence-electron chi connectivity index (χ0n) is 12.1. The molecule has 1 aromatic carbocycles. The largest absolute Gasteiger partial charge is 0.465 e. The van der Waals surface area contributed by atoms with E-state index in [1.165, 1.54) is 13.0 Å². The number of rotatable bonds is 4. The molecule has 1 aromatic rings. The lowest BCUT2D eigenvalue weighted by atomic mass is 10.0. The molecule has 7 nitrogen and oxygen atoms in total. The van der Waals surface area contributed by atoms with Gasteiger partial charge in [0, 0.05) is 0 Å². The highest BCUT2D eigenvalue weighted by Crippen LogP contribution is 2.35. The van der Waals surface area contributed by atoms with Crippen molar-refractivity contribution in [3.05, 3.63) is 28.8 Å². The summed E-state index contributed by atoms with van der Waals surface area (Å²) in [4.78, 5) is 11.7. The van der Waals surface area contributed by atoms with Gasteiger partial charge in [0.15, 0.2) is 5.84 Å². The average Bonchev–Trinajstić information content (AvgIpc) is 2.46. The molecule has 0 spiro atoms. The molecule has 23 heavy (non-hydrogen) atoms. The van der Waals surface area contributed by atoms with Gasteiger partial charge < -0.3 is 10.5 Å². The van der Waals surface area contributed by atoms with E-state index in [0.717, 1.165) is 13.2 Å². The van der Waals surface area contributed by atoms with Crippen LogP contribution in [0.1, 0.15) is 21.5 Å². The molecular formula is C13H12F3N5O2. The van der Waals surface area contributed by atoms with Crippen LogP contribution in [0.25, 0.3) is 0 Å². The number of nitrogens with one attached hydrogen (secondary N) is 2. The third-order valence-corrected chi connectivity index (χ3v) is 2.72. The standard InChI is InChI=1S/C13H12F3N5O2/c1-6-3-7(12(22)23-2)9(4-8(6)13(14,15)16)20-21-10(5-17)11(18)19/h3-4,20H,1-2H3,(H3,18,19)/b21-10+. The molecule has 0 radical (unpaired) electrons. The number of ether oxygens (including phenoxy) is 1. The number of benzene rings is 1. The van der Waals surface area contributed by atoms with Crippen molar-refractivity contribution < 1.29 is 22.7 Å². The predicted molar refractivity (Wildman–Crippen MR) is 76.1 cm³/mol. The number of alkyl halides is 3. The van der Waals surface area contributed by atoms with Gasteiger partial charge in [0.1, 0.15) is 6.07 Å².